The molecular weight excluding hydrogens is 258 g/mol. The molecule has 0 atom stereocenters. The third kappa shape index (κ3) is 1.77. The van der Waals surface area contributed by atoms with Gasteiger partial charge in [0, 0.05) is 17.1 Å². The van der Waals surface area contributed by atoms with Crippen molar-refractivity contribution in [3.63, 3.8) is 0 Å². The van der Waals surface area contributed by atoms with Crippen LogP contribution in [-0.2, 0) is 0 Å². The average molecular weight is 271 g/mol. The predicted molar refractivity (Wildman–Crippen MR) is 86.1 cm³/mol. The van der Waals surface area contributed by atoms with Gasteiger partial charge in [0.2, 0.25) is 0 Å². The zero-order chi connectivity index (χ0) is 13.4. The van der Waals surface area contributed by atoms with E-state index in [1.807, 2.05) is 0 Å². The first kappa shape index (κ1) is 11.5. The average Bonchev–Trinajstić information content (AvgIpc) is 2.53. The van der Waals surface area contributed by atoms with Crippen LogP contribution in [0, 0.1) is 0 Å². The van der Waals surface area contributed by atoms with Gasteiger partial charge in [0.1, 0.15) is 9.52 Å². The highest BCUT2D eigenvalue weighted by molar-refractivity contribution is 6.71. The molecule has 2 radical (unpaired) electrons. The van der Waals surface area contributed by atoms with E-state index in [4.69, 9.17) is 0 Å². The Labute approximate surface area is 121 Å². The molecule has 1 nitrogen and oxygen atoms in total. The number of nitrogens with zero attached hydrogens (tertiary/aromatic N) is 1. The second kappa shape index (κ2) is 4.65. The van der Waals surface area contributed by atoms with E-state index in [2.05, 4.69) is 83.8 Å². The fourth-order valence-corrected chi connectivity index (χ4v) is 3.97. The van der Waals surface area contributed by atoms with Crippen LogP contribution in [-0.4, -0.2) is 9.52 Å². The van der Waals surface area contributed by atoms with Crippen molar-refractivity contribution in [3.05, 3.63) is 78.9 Å². The van der Waals surface area contributed by atoms with E-state index in [1.54, 1.807) is 0 Å². The highest BCUT2D eigenvalue weighted by Gasteiger charge is 2.23. The molecule has 0 aromatic heterocycles. The molecule has 4 rings (SSSR count). The van der Waals surface area contributed by atoms with Crippen molar-refractivity contribution in [2.45, 2.75) is 0 Å². The van der Waals surface area contributed by atoms with E-state index >= 15 is 0 Å². The number of fused-ring (bicyclic) bond motifs is 2. The van der Waals surface area contributed by atoms with E-state index in [0.29, 0.717) is 0 Å². The molecule has 2 heteroatoms. The Morgan fingerprint density at radius 3 is 1.65 bits per heavy atom. The summed E-state index contributed by atoms with van der Waals surface area (Å²) in [6.07, 6.45) is 0. The Kier molecular flexibility index (Phi) is 2.68. The van der Waals surface area contributed by atoms with Crippen LogP contribution in [0.25, 0.3) is 0 Å². The lowest BCUT2D eigenvalue weighted by atomic mass is 10.2. The molecule has 1 aliphatic heterocycles. The predicted octanol–water partition coefficient (Wildman–Crippen LogP) is 3.12. The first-order valence-electron chi connectivity index (χ1n) is 6.74. The van der Waals surface area contributed by atoms with Gasteiger partial charge in [-0.25, -0.2) is 0 Å². The van der Waals surface area contributed by atoms with Crippen LogP contribution >= 0.6 is 0 Å². The number of rotatable bonds is 1. The van der Waals surface area contributed by atoms with Crippen LogP contribution in [0.3, 0.4) is 0 Å². The molecule has 0 saturated carbocycles. The molecule has 0 amide bonds. The minimum Gasteiger partial charge on any atom is -0.311 e. The molecule has 0 N–H and O–H groups in total. The van der Waals surface area contributed by atoms with Crippen molar-refractivity contribution < 1.29 is 0 Å². The van der Waals surface area contributed by atoms with Crippen LogP contribution in [0.4, 0.5) is 17.1 Å². The lowest BCUT2D eigenvalue weighted by molar-refractivity contribution is 1.30. The maximum atomic E-state index is 2.36. The van der Waals surface area contributed by atoms with E-state index in [1.165, 1.54) is 27.4 Å². The van der Waals surface area contributed by atoms with Crippen LogP contribution < -0.4 is 15.3 Å². The van der Waals surface area contributed by atoms with Crippen molar-refractivity contribution in [2.24, 2.45) is 0 Å². The Balaban J connectivity index is 1.98. The molecule has 0 aliphatic carbocycles. The summed E-state index contributed by atoms with van der Waals surface area (Å²) >= 11 is 0. The number of anilines is 3. The van der Waals surface area contributed by atoms with Gasteiger partial charge in [-0.05, 0) is 34.6 Å². The molecule has 94 valence electrons. The largest absolute Gasteiger partial charge is 0.311 e. The first-order valence-corrected chi connectivity index (χ1v) is 7.74. The Morgan fingerprint density at radius 1 is 0.550 bits per heavy atom. The van der Waals surface area contributed by atoms with Gasteiger partial charge in [0.25, 0.3) is 0 Å². The summed E-state index contributed by atoms with van der Waals surface area (Å²) in [5, 5.41) is 2.82. The normalized spacial score (nSPS) is 12.7. The minimum absolute atomic E-state index is 0.733. The van der Waals surface area contributed by atoms with E-state index < -0.39 is 0 Å². The molecule has 0 bridgehead atoms. The molecule has 3 aromatic rings. The third-order valence-corrected chi connectivity index (χ3v) is 4.96. The Bertz CT molecular complexity index is 707. The van der Waals surface area contributed by atoms with Gasteiger partial charge in [-0.3, -0.25) is 0 Å². The van der Waals surface area contributed by atoms with Gasteiger partial charge < -0.3 is 4.90 Å². The van der Waals surface area contributed by atoms with E-state index in [-0.39, 0.29) is 0 Å². The lowest BCUT2D eigenvalue weighted by Crippen LogP contribution is -2.39. The van der Waals surface area contributed by atoms with Gasteiger partial charge in [-0.1, -0.05) is 54.6 Å². The maximum Gasteiger partial charge on any atom is 0.127 e. The first-order chi connectivity index (χ1) is 9.93. The highest BCUT2D eigenvalue weighted by atomic mass is 28.2. The van der Waals surface area contributed by atoms with Gasteiger partial charge >= 0.3 is 0 Å². The number of hydrogen-bond donors (Lipinski definition) is 0. The summed E-state index contributed by atoms with van der Waals surface area (Å²) in [6.45, 7) is 0. The molecular formula is C18H13NSi. The summed E-state index contributed by atoms with van der Waals surface area (Å²) in [6, 6.07) is 28.0. The number of benzene rings is 3. The van der Waals surface area contributed by atoms with Gasteiger partial charge in [0.15, 0.2) is 0 Å². The maximum absolute atomic E-state index is 2.36. The van der Waals surface area contributed by atoms with Crippen LogP contribution in [0.1, 0.15) is 0 Å². The highest BCUT2D eigenvalue weighted by Crippen LogP contribution is 2.33. The van der Waals surface area contributed by atoms with E-state index in [9.17, 15) is 0 Å². The molecule has 1 aliphatic rings. The van der Waals surface area contributed by atoms with Crippen molar-refractivity contribution >= 4 is 37.0 Å². The topological polar surface area (TPSA) is 3.24 Å². The third-order valence-electron chi connectivity index (χ3n) is 3.57. The van der Waals surface area contributed by atoms with Crippen molar-refractivity contribution in [1.82, 2.24) is 0 Å². The monoisotopic (exact) mass is 271 g/mol. The van der Waals surface area contributed by atoms with Crippen LogP contribution in [0.5, 0.6) is 0 Å². The molecule has 0 spiro atoms. The molecule has 1 heterocycles. The molecule has 0 saturated heterocycles. The standard InChI is InChI=1S/C18H13NSi/c1-2-8-14(9-3-1)19-15-10-4-6-12-17(15)20-18-13-7-5-11-16(18)19/h1-13H. The summed E-state index contributed by atoms with van der Waals surface area (Å²) in [5.74, 6) is 0. The number of para-hydroxylation sites is 3. The van der Waals surface area contributed by atoms with E-state index in [0.717, 1.165) is 9.52 Å². The smallest absolute Gasteiger partial charge is 0.127 e. The van der Waals surface area contributed by atoms with Crippen molar-refractivity contribution in [3.8, 4) is 0 Å². The fourth-order valence-electron chi connectivity index (χ4n) is 2.68. The molecule has 20 heavy (non-hydrogen) atoms. The quantitative estimate of drug-likeness (QED) is 0.481. The summed E-state index contributed by atoms with van der Waals surface area (Å²) < 4.78 is 0. The summed E-state index contributed by atoms with van der Waals surface area (Å²) in [7, 11) is 0.733. The minimum atomic E-state index is 0.733. The van der Waals surface area contributed by atoms with Crippen molar-refractivity contribution in [1.29, 1.82) is 0 Å². The van der Waals surface area contributed by atoms with Crippen LogP contribution in [0.15, 0.2) is 78.9 Å². The number of hydrogen-bond acceptors (Lipinski definition) is 1. The van der Waals surface area contributed by atoms with Gasteiger partial charge in [0.05, 0.1) is 0 Å². The van der Waals surface area contributed by atoms with Crippen molar-refractivity contribution in [2.75, 3.05) is 4.90 Å². The Hall–Kier alpha value is -2.32. The fraction of sp³-hybridized carbons (Fsp3) is 0. The van der Waals surface area contributed by atoms with Crippen LogP contribution in [0.2, 0.25) is 0 Å². The zero-order valence-electron chi connectivity index (χ0n) is 11.0. The molecule has 0 fully saturated rings. The van der Waals surface area contributed by atoms with Gasteiger partial charge in [-0.15, -0.1) is 0 Å². The lowest BCUT2D eigenvalue weighted by Gasteiger charge is -2.33. The second-order valence-corrected chi connectivity index (χ2v) is 6.16. The zero-order valence-corrected chi connectivity index (χ0v) is 12.0. The molecule has 3 aromatic carbocycles. The Morgan fingerprint density at radius 2 is 1.05 bits per heavy atom. The second-order valence-electron chi connectivity index (χ2n) is 4.83. The van der Waals surface area contributed by atoms with Gasteiger partial charge in [-0.2, -0.15) is 0 Å². The summed E-state index contributed by atoms with van der Waals surface area (Å²) in [5.41, 5.74) is 3.82. The summed E-state index contributed by atoms with van der Waals surface area (Å²) in [4.78, 5) is 2.36. The SMILES string of the molecule is c1ccc(N2c3ccccc3[Si]c3ccccc32)cc1. The molecule has 0 unspecified atom stereocenters.